The summed E-state index contributed by atoms with van der Waals surface area (Å²) in [6.45, 7) is 6.41. The van der Waals surface area contributed by atoms with Gasteiger partial charge in [0.1, 0.15) is 0 Å². The van der Waals surface area contributed by atoms with Crippen LogP contribution in [0.5, 0.6) is 0 Å². The average Bonchev–Trinajstić information content (AvgIpc) is 3.02. The van der Waals surface area contributed by atoms with E-state index in [9.17, 15) is 0 Å². The molecule has 1 aromatic heterocycles. The second kappa shape index (κ2) is 8.91. The highest BCUT2D eigenvalue weighted by atomic mass is 127. The minimum atomic E-state index is 0. The third-order valence-corrected chi connectivity index (χ3v) is 4.01. The van der Waals surface area contributed by atoms with Gasteiger partial charge in [0.25, 0.3) is 0 Å². The predicted molar refractivity (Wildman–Crippen MR) is 107 cm³/mol. The van der Waals surface area contributed by atoms with Gasteiger partial charge in [0.05, 0.1) is 12.2 Å². The van der Waals surface area contributed by atoms with E-state index >= 15 is 0 Å². The first kappa shape index (κ1) is 18.6. The van der Waals surface area contributed by atoms with Gasteiger partial charge < -0.3 is 19.6 Å². The molecule has 1 N–H and O–H groups in total. The molecule has 6 nitrogen and oxygen atoms in total. The number of benzene rings is 1. The Bertz CT molecular complexity index is 650. The molecule has 7 heteroatoms. The van der Waals surface area contributed by atoms with Crippen molar-refractivity contribution in [3.8, 4) is 0 Å². The van der Waals surface area contributed by atoms with E-state index < -0.39 is 0 Å². The molecule has 0 saturated carbocycles. The number of guanidine groups is 1. The molecule has 0 bridgehead atoms. The van der Waals surface area contributed by atoms with Gasteiger partial charge >= 0.3 is 0 Å². The Hall–Kier alpha value is -1.77. The first-order valence-corrected chi connectivity index (χ1v) is 7.94. The first-order chi connectivity index (χ1) is 11.3. The zero-order chi connectivity index (χ0) is 16.1. The van der Waals surface area contributed by atoms with Gasteiger partial charge in [-0.05, 0) is 19.1 Å². The highest BCUT2D eigenvalue weighted by Gasteiger charge is 2.19. The van der Waals surface area contributed by atoms with Gasteiger partial charge in [-0.2, -0.15) is 0 Å². The van der Waals surface area contributed by atoms with Crippen molar-refractivity contribution in [3.05, 3.63) is 47.9 Å². The van der Waals surface area contributed by atoms with Gasteiger partial charge in [-0.15, -0.1) is 24.0 Å². The number of para-hydroxylation sites is 1. The number of nitrogens with zero attached hydrogens (tertiary/aromatic N) is 4. The summed E-state index contributed by atoms with van der Waals surface area (Å²) in [5, 5.41) is 7.25. The van der Waals surface area contributed by atoms with Crippen LogP contribution >= 0.6 is 24.0 Å². The van der Waals surface area contributed by atoms with Gasteiger partial charge in [-0.1, -0.05) is 23.4 Å². The molecule has 24 heavy (non-hydrogen) atoms. The minimum absolute atomic E-state index is 0. The van der Waals surface area contributed by atoms with Crippen molar-refractivity contribution in [1.29, 1.82) is 0 Å². The van der Waals surface area contributed by atoms with E-state index in [0.717, 1.165) is 43.6 Å². The molecule has 0 unspecified atom stereocenters. The van der Waals surface area contributed by atoms with Crippen LogP contribution in [0.4, 0.5) is 5.69 Å². The topological polar surface area (TPSA) is 56.9 Å². The lowest BCUT2D eigenvalue weighted by Gasteiger charge is -2.37. The smallest absolute Gasteiger partial charge is 0.194 e. The van der Waals surface area contributed by atoms with E-state index in [2.05, 4.69) is 55.6 Å². The molecule has 0 atom stereocenters. The van der Waals surface area contributed by atoms with Crippen LogP contribution in [0.15, 0.2) is 45.9 Å². The largest absolute Gasteiger partial charge is 0.368 e. The zero-order valence-corrected chi connectivity index (χ0v) is 16.4. The second-order valence-electron chi connectivity index (χ2n) is 5.65. The minimum Gasteiger partial charge on any atom is -0.368 e. The highest BCUT2D eigenvalue weighted by molar-refractivity contribution is 14.0. The maximum absolute atomic E-state index is 5.23. The summed E-state index contributed by atoms with van der Waals surface area (Å²) in [5.74, 6) is 1.73. The summed E-state index contributed by atoms with van der Waals surface area (Å²) in [5.41, 5.74) is 2.18. The second-order valence-corrected chi connectivity index (χ2v) is 5.65. The van der Waals surface area contributed by atoms with Crippen LogP contribution in [-0.2, 0) is 6.54 Å². The van der Waals surface area contributed by atoms with E-state index in [0.29, 0.717) is 6.54 Å². The molecular formula is C17H24IN5O. The van der Waals surface area contributed by atoms with Crippen LogP contribution in [0.1, 0.15) is 11.5 Å². The van der Waals surface area contributed by atoms with Crippen molar-refractivity contribution in [2.75, 3.05) is 38.1 Å². The number of piperazine rings is 1. The Morgan fingerprint density at radius 3 is 2.50 bits per heavy atom. The van der Waals surface area contributed by atoms with Gasteiger partial charge in [0.15, 0.2) is 11.7 Å². The Morgan fingerprint density at radius 2 is 1.92 bits per heavy atom. The fourth-order valence-electron chi connectivity index (χ4n) is 2.81. The summed E-state index contributed by atoms with van der Waals surface area (Å²) >= 11 is 0. The van der Waals surface area contributed by atoms with Crippen LogP contribution in [0.25, 0.3) is 0 Å². The Kier molecular flexibility index (Phi) is 6.89. The molecule has 1 aromatic carbocycles. The number of hydrogen-bond acceptors (Lipinski definition) is 4. The lowest BCUT2D eigenvalue weighted by Crippen LogP contribution is -2.52. The molecule has 2 aromatic rings. The first-order valence-electron chi connectivity index (χ1n) is 7.94. The van der Waals surface area contributed by atoms with Crippen molar-refractivity contribution in [1.82, 2.24) is 15.4 Å². The monoisotopic (exact) mass is 441 g/mol. The van der Waals surface area contributed by atoms with Crippen LogP contribution in [0, 0.1) is 6.92 Å². The number of aromatic nitrogens is 1. The van der Waals surface area contributed by atoms with Crippen LogP contribution in [0.3, 0.4) is 0 Å². The van der Waals surface area contributed by atoms with E-state index in [1.165, 1.54) is 5.69 Å². The zero-order valence-electron chi connectivity index (χ0n) is 14.1. The molecule has 1 fully saturated rings. The summed E-state index contributed by atoms with van der Waals surface area (Å²) < 4.78 is 5.23. The standard InChI is InChI=1S/C17H23N5O.HI/c1-14-12-16(23-20-14)13-19-17(18-2)22-10-8-21(9-11-22)15-6-4-3-5-7-15;/h3-7,12H,8-11,13H2,1-2H3,(H,18,19);1H. The lowest BCUT2D eigenvalue weighted by atomic mass is 10.2. The van der Waals surface area contributed by atoms with Crippen LogP contribution in [0.2, 0.25) is 0 Å². The molecule has 0 spiro atoms. The Balaban J connectivity index is 0.00000208. The molecule has 1 saturated heterocycles. The number of rotatable bonds is 3. The molecule has 0 aliphatic carbocycles. The lowest BCUT2D eigenvalue weighted by molar-refractivity contribution is 0.357. The fourth-order valence-corrected chi connectivity index (χ4v) is 2.81. The van der Waals surface area contributed by atoms with E-state index in [1.807, 2.05) is 20.0 Å². The molecule has 1 aliphatic rings. The van der Waals surface area contributed by atoms with Gasteiger partial charge in [0, 0.05) is 45.0 Å². The molecular weight excluding hydrogens is 417 g/mol. The van der Waals surface area contributed by atoms with E-state index in [4.69, 9.17) is 4.52 Å². The molecule has 0 radical (unpaired) electrons. The number of halogens is 1. The van der Waals surface area contributed by atoms with Crippen LogP contribution < -0.4 is 10.2 Å². The summed E-state index contributed by atoms with van der Waals surface area (Å²) in [6.07, 6.45) is 0. The van der Waals surface area contributed by atoms with Crippen molar-refractivity contribution in [2.45, 2.75) is 13.5 Å². The predicted octanol–water partition coefficient (Wildman–Crippen LogP) is 2.50. The van der Waals surface area contributed by atoms with Crippen molar-refractivity contribution >= 4 is 35.6 Å². The van der Waals surface area contributed by atoms with E-state index in [-0.39, 0.29) is 24.0 Å². The maximum atomic E-state index is 5.23. The number of anilines is 1. The molecule has 2 heterocycles. The number of hydrogen-bond donors (Lipinski definition) is 1. The van der Waals surface area contributed by atoms with Gasteiger partial charge in [0.2, 0.25) is 0 Å². The number of aryl methyl sites for hydroxylation is 1. The Morgan fingerprint density at radius 1 is 1.21 bits per heavy atom. The fraction of sp³-hybridized carbons (Fsp3) is 0.412. The molecule has 1 aliphatic heterocycles. The van der Waals surface area contributed by atoms with Crippen molar-refractivity contribution < 1.29 is 4.52 Å². The SMILES string of the molecule is CN=C(NCc1cc(C)no1)N1CCN(c2ccccc2)CC1.I. The number of nitrogens with one attached hydrogen (secondary N) is 1. The summed E-state index contributed by atoms with van der Waals surface area (Å²) in [6, 6.07) is 12.5. The number of aliphatic imine (C=N–C) groups is 1. The molecule has 130 valence electrons. The maximum Gasteiger partial charge on any atom is 0.194 e. The average molecular weight is 441 g/mol. The van der Waals surface area contributed by atoms with Gasteiger partial charge in [-0.3, -0.25) is 4.99 Å². The quantitative estimate of drug-likeness (QED) is 0.451. The van der Waals surface area contributed by atoms with Crippen molar-refractivity contribution in [3.63, 3.8) is 0 Å². The molecule has 0 amide bonds. The molecule has 3 rings (SSSR count). The van der Waals surface area contributed by atoms with Crippen molar-refractivity contribution in [2.24, 2.45) is 4.99 Å². The van der Waals surface area contributed by atoms with Gasteiger partial charge in [-0.25, -0.2) is 0 Å². The highest BCUT2D eigenvalue weighted by Crippen LogP contribution is 2.15. The third kappa shape index (κ3) is 4.62. The van der Waals surface area contributed by atoms with Crippen LogP contribution in [-0.4, -0.2) is 49.2 Å². The summed E-state index contributed by atoms with van der Waals surface area (Å²) in [7, 11) is 1.82. The summed E-state index contributed by atoms with van der Waals surface area (Å²) in [4.78, 5) is 9.07. The third-order valence-electron chi connectivity index (χ3n) is 4.01. The normalized spacial score (nSPS) is 15.2. The van der Waals surface area contributed by atoms with E-state index in [1.54, 1.807) is 0 Å². The Labute approximate surface area is 159 Å².